The summed E-state index contributed by atoms with van der Waals surface area (Å²) in [6.07, 6.45) is 4.28. The summed E-state index contributed by atoms with van der Waals surface area (Å²) in [7, 11) is 0. The first-order chi connectivity index (χ1) is 14.5. The third-order valence-corrected chi connectivity index (χ3v) is 5.37. The number of allylic oxidation sites excluding steroid dienone is 1. The zero-order valence-electron chi connectivity index (χ0n) is 18.3. The van der Waals surface area contributed by atoms with E-state index < -0.39 is 0 Å². The average molecular weight is 417 g/mol. The number of aliphatic imine (C=N–C) groups is 1. The van der Waals surface area contributed by atoms with Gasteiger partial charge in [-0.15, -0.1) is 0 Å². The van der Waals surface area contributed by atoms with Gasteiger partial charge in [-0.05, 0) is 39.5 Å². The van der Waals surface area contributed by atoms with Gasteiger partial charge >= 0.3 is 5.97 Å². The molecule has 0 bridgehead atoms. The van der Waals surface area contributed by atoms with Crippen LogP contribution in [0.1, 0.15) is 68.2 Å². The number of carbonyl (C=O) groups excluding carboxylic acids is 2. The second kappa shape index (κ2) is 10.5. The minimum Gasteiger partial charge on any atom is -0.462 e. The van der Waals surface area contributed by atoms with Crippen LogP contribution in [0.15, 0.2) is 16.3 Å². The summed E-state index contributed by atoms with van der Waals surface area (Å²) in [4.78, 5) is 29.4. The van der Waals surface area contributed by atoms with E-state index in [4.69, 9.17) is 14.6 Å². The standard InChI is InChI=1S/C22H32N4O4/c1-4-18-20-19(8-5-11-29-12-6-9-23-21(20)27)26(25-18)10-7-13-30-22(28)17-14-15(2)24-16(17)3/h4-14H2,1-3H3,(H,23,27). The van der Waals surface area contributed by atoms with E-state index in [1.54, 1.807) is 0 Å². The molecule has 0 aliphatic carbocycles. The number of esters is 1. The molecule has 164 valence electrons. The van der Waals surface area contributed by atoms with Crippen LogP contribution in [0, 0.1) is 0 Å². The van der Waals surface area contributed by atoms with E-state index in [9.17, 15) is 9.59 Å². The third kappa shape index (κ3) is 5.36. The monoisotopic (exact) mass is 416 g/mol. The van der Waals surface area contributed by atoms with Crippen LogP contribution in [-0.2, 0) is 33.7 Å². The quantitative estimate of drug-likeness (QED) is 0.568. The lowest BCUT2D eigenvalue weighted by Gasteiger charge is -2.10. The van der Waals surface area contributed by atoms with Crippen molar-refractivity contribution in [1.82, 2.24) is 15.1 Å². The molecular formula is C22H32N4O4. The van der Waals surface area contributed by atoms with E-state index in [1.165, 1.54) is 0 Å². The summed E-state index contributed by atoms with van der Waals surface area (Å²) in [6.45, 7) is 8.59. The molecule has 3 heterocycles. The van der Waals surface area contributed by atoms with Crippen LogP contribution in [0.3, 0.4) is 0 Å². The number of aromatic nitrogens is 2. The zero-order valence-corrected chi connectivity index (χ0v) is 18.3. The third-order valence-electron chi connectivity index (χ3n) is 5.37. The van der Waals surface area contributed by atoms with Crippen molar-refractivity contribution in [3.63, 3.8) is 0 Å². The van der Waals surface area contributed by atoms with Gasteiger partial charge < -0.3 is 14.8 Å². The maximum atomic E-state index is 12.8. The van der Waals surface area contributed by atoms with Crippen molar-refractivity contribution < 1.29 is 19.1 Å². The van der Waals surface area contributed by atoms with E-state index in [1.807, 2.05) is 25.5 Å². The van der Waals surface area contributed by atoms with Crippen LogP contribution in [0.5, 0.6) is 0 Å². The number of aryl methyl sites for hydroxylation is 2. The highest BCUT2D eigenvalue weighted by molar-refractivity contribution is 6.01. The topological polar surface area (TPSA) is 94.8 Å². The molecule has 0 spiro atoms. The first-order valence-corrected chi connectivity index (χ1v) is 10.9. The van der Waals surface area contributed by atoms with Gasteiger partial charge in [0.15, 0.2) is 0 Å². The normalized spacial score (nSPS) is 17.8. The number of ether oxygens (including phenoxy) is 2. The minimum atomic E-state index is -0.293. The van der Waals surface area contributed by atoms with Crippen LogP contribution in [0.25, 0.3) is 0 Å². The van der Waals surface area contributed by atoms with Crippen LogP contribution in [0.2, 0.25) is 0 Å². The molecule has 1 N–H and O–H groups in total. The lowest BCUT2D eigenvalue weighted by molar-refractivity contribution is -0.139. The Bertz CT molecular complexity index is 854. The highest BCUT2D eigenvalue weighted by atomic mass is 16.5. The maximum absolute atomic E-state index is 12.8. The van der Waals surface area contributed by atoms with Crippen molar-refractivity contribution in [2.45, 2.75) is 65.8 Å². The Hall–Kier alpha value is -2.48. The Balaban J connectivity index is 1.63. The SMILES string of the molecule is CCc1nn(CCCOC(=O)C2=C(C)N=C(C)C2)c2c1C(=O)NCCCOCCC2. The lowest BCUT2D eigenvalue weighted by Crippen LogP contribution is -2.26. The first-order valence-electron chi connectivity index (χ1n) is 10.9. The molecule has 2 aliphatic heterocycles. The highest BCUT2D eigenvalue weighted by Crippen LogP contribution is 2.21. The molecule has 8 heteroatoms. The molecule has 0 saturated heterocycles. The maximum Gasteiger partial charge on any atom is 0.336 e. The molecule has 2 aliphatic rings. The van der Waals surface area contributed by atoms with Gasteiger partial charge in [0.1, 0.15) is 0 Å². The number of fused-ring (bicyclic) bond motifs is 1. The summed E-state index contributed by atoms with van der Waals surface area (Å²) < 4.78 is 13.0. The van der Waals surface area contributed by atoms with E-state index in [2.05, 4.69) is 10.3 Å². The number of amides is 1. The van der Waals surface area contributed by atoms with Crippen molar-refractivity contribution in [3.05, 3.63) is 28.2 Å². The molecule has 0 saturated carbocycles. The number of nitrogens with one attached hydrogen (secondary N) is 1. The average Bonchev–Trinajstić information content (AvgIpc) is 3.24. The predicted molar refractivity (Wildman–Crippen MR) is 114 cm³/mol. The number of hydrogen-bond acceptors (Lipinski definition) is 6. The second-order valence-corrected chi connectivity index (χ2v) is 7.75. The number of rotatable bonds is 6. The molecule has 8 nitrogen and oxygen atoms in total. The fourth-order valence-corrected chi connectivity index (χ4v) is 3.87. The van der Waals surface area contributed by atoms with Crippen molar-refractivity contribution in [1.29, 1.82) is 0 Å². The van der Waals surface area contributed by atoms with Gasteiger partial charge in [0.25, 0.3) is 5.91 Å². The predicted octanol–water partition coefficient (Wildman–Crippen LogP) is 2.60. The van der Waals surface area contributed by atoms with E-state index in [0.717, 1.165) is 42.1 Å². The van der Waals surface area contributed by atoms with Gasteiger partial charge in [-0.25, -0.2) is 4.79 Å². The summed E-state index contributed by atoms with van der Waals surface area (Å²) in [6, 6.07) is 0. The smallest absolute Gasteiger partial charge is 0.336 e. The Labute approximate surface area is 177 Å². The molecule has 30 heavy (non-hydrogen) atoms. The molecule has 1 aromatic rings. The largest absolute Gasteiger partial charge is 0.462 e. The molecule has 1 aromatic heterocycles. The number of nitrogens with zero attached hydrogens (tertiary/aromatic N) is 3. The minimum absolute atomic E-state index is 0.0551. The fraction of sp³-hybridized carbons (Fsp3) is 0.636. The molecule has 0 unspecified atom stereocenters. The summed E-state index contributed by atoms with van der Waals surface area (Å²) in [5, 5.41) is 7.68. The van der Waals surface area contributed by atoms with Gasteiger partial charge in [0, 0.05) is 50.6 Å². The van der Waals surface area contributed by atoms with E-state index in [0.29, 0.717) is 63.3 Å². The Morgan fingerprint density at radius 3 is 2.80 bits per heavy atom. The molecule has 3 rings (SSSR count). The molecule has 0 fully saturated rings. The summed E-state index contributed by atoms with van der Waals surface area (Å²) in [5.41, 5.74) is 4.79. The van der Waals surface area contributed by atoms with Crippen molar-refractivity contribution in [3.8, 4) is 0 Å². The van der Waals surface area contributed by atoms with Crippen molar-refractivity contribution in [2.24, 2.45) is 4.99 Å². The number of carbonyl (C=O) groups is 2. The van der Waals surface area contributed by atoms with Crippen molar-refractivity contribution in [2.75, 3.05) is 26.4 Å². The first kappa shape index (κ1) is 22.2. The summed E-state index contributed by atoms with van der Waals surface area (Å²) in [5.74, 6) is -0.348. The fourth-order valence-electron chi connectivity index (χ4n) is 3.87. The Morgan fingerprint density at radius 2 is 2.07 bits per heavy atom. The van der Waals surface area contributed by atoms with Gasteiger partial charge in [-0.1, -0.05) is 6.92 Å². The Kier molecular flexibility index (Phi) is 7.79. The zero-order chi connectivity index (χ0) is 21.5. The van der Waals surface area contributed by atoms with Gasteiger partial charge in [0.05, 0.1) is 29.1 Å². The summed E-state index contributed by atoms with van der Waals surface area (Å²) >= 11 is 0. The van der Waals surface area contributed by atoms with Crippen LogP contribution in [-0.4, -0.2) is 53.7 Å². The number of hydrogen-bond donors (Lipinski definition) is 1. The lowest BCUT2D eigenvalue weighted by atomic mass is 10.1. The van der Waals surface area contributed by atoms with Gasteiger partial charge in [-0.3, -0.25) is 14.5 Å². The molecule has 1 amide bonds. The molecular weight excluding hydrogens is 384 g/mol. The van der Waals surface area contributed by atoms with Crippen LogP contribution >= 0.6 is 0 Å². The molecule has 0 radical (unpaired) electrons. The van der Waals surface area contributed by atoms with Gasteiger partial charge in [0.2, 0.25) is 0 Å². The van der Waals surface area contributed by atoms with Crippen molar-refractivity contribution >= 4 is 17.6 Å². The van der Waals surface area contributed by atoms with Crippen LogP contribution < -0.4 is 5.32 Å². The second-order valence-electron chi connectivity index (χ2n) is 7.75. The van der Waals surface area contributed by atoms with E-state index >= 15 is 0 Å². The van der Waals surface area contributed by atoms with E-state index in [-0.39, 0.29) is 11.9 Å². The van der Waals surface area contributed by atoms with Crippen LogP contribution in [0.4, 0.5) is 0 Å². The Morgan fingerprint density at radius 1 is 1.27 bits per heavy atom. The highest BCUT2D eigenvalue weighted by Gasteiger charge is 2.23. The molecule has 0 atom stereocenters. The van der Waals surface area contributed by atoms with Gasteiger partial charge in [-0.2, -0.15) is 5.10 Å². The molecule has 0 aromatic carbocycles.